The molecule has 0 bridgehead atoms. The van der Waals surface area contributed by atoms with Crippen molar-refractivity contribution >= 4 is 27.9 Å². The van der Waals surface area contributed by atoms with Crippen LogP contribution in [0.2, 0.25) is 0 Å². The number of likely N-dealkylation sites (tertiary alicyclic amines) is 1. The summed E-state index contributed by atoms with van der Waals surface area (Å²) in [4.78, 5) is 37.9. The monoisotopic (exact) mass is 388 g/mol. The zero-order chi connectivity index (χ0) is 19.1. The minimum atomic E-state index is -3.85. The summed E-state index contributed by atoms with van der Waals surface area (Å²) in [5.41, 5.74) is -1.27. The number of carbonyl (C=O) groups is 3. The summed E-state index contributed by atoms with van der Waals surface area (Å²) in [7, 11) is -2.77. The van der Waals surface area contributed by atoms with Crippen molar-refractivity contribution in [3.05, 3.63) is 0 Å². The predicted molar refractivity (Wildman–Crippen MR) is 89.3 cm³/mol. The predicted octanol–water partition coefficient (Wildman–Crippen LogP) is 0.157. The maximum absolute atomic E-state index is 12.8. The van der Waals surface area contributed by atoms with Gasteiger partial charge >= 0.3 is 11.9 Å². The number of aliphatic carboxylic acids is 1. The van der Waals surface area contributed by atoms with Gasteiger partial charge < -0.3 is 14.7 Å². The number of amides is 1. The van der Waals surface area contributed by atoms with Crippen LogP contribution in [-0.2, 0) is 29.1 Å². The van der Waals surface area contributed by atoms with Crippen LogP contribution in [0.1, 0.15) is 44.9 Å². The molecule has 3 aliphatic rings. The maximum atomic E-state index is 12.8. The van der Waals surface area contributed by atoms with E-state index in [1.807, 2.05) is 0 Å². The molecule has 146 valence electrons. The molecule has 1 aliphatic carbocycles. The lowest BCUT2D eigenvalue weighted by atomic mass is 9.73. The van der Waals surface area contributed by atoms with E-state index in [1.54, 1.807) is 0 Å². The molecule has 2 saturated heterocycles. The highest BCUT2D eigenvalue weighted by Crippen LogP contribution is 2.44. The standard InChI is InChI=1S/C16H24N2O7S/c1-25-14(20)13-18(26(13,23)24)10-12(19)17-9-5-8-16(17,15(21)22)11-6-3-2-4-7-11/h11,13H,2-10H2,1H3,(H,21,22)/t13?,16-,18?/m1/s1. The molecule has 1 amide bonds. The zero-order valence-corrected chi connectivity index (χ0v) is 15.5. The molecule has 2 unspecified atom stereocenters. The summed E-state index contributed by atoms with van der Waals surface area (Å²) in [6.07, 6.45) is 5.39. The summed E-state index contributed by atoms with van der Waals surface area (Å²) in [6.45, 7) is -0.234. The van der Waals surface area contributed by atoms with E-state index in [2.05, 4.69) is 4.74 Å². The van der Waals surface area contributed by atoms with Gasteiger partial charge in [0.25, 0.3) is 0 Å². The van der Waals surface area contributed by atoms with E-state index < -0.39 is 45.3 Å². The highest BCUT2D eigenvalue weighted by Gasteiger charge is 2.63. The molecule has 1 N–H and O–H groups in total. The summed E-state index contributed by atoms with van der Waals surface area (Å²) < 4.78 is 29.0. The number of hydrogen-bond acceptors (Lipinski definition) is 6. The topological polar surface area (TPSA) is 121 Å². The number of sulfonamides is 1. The maximum Gasteiger partial charge on any atom is 0.341 e. The van der Waals surface area contributed by atoms with Crippen molar-refractivity contribution in [1.82, 2.24) is 9.21 Å². The third kappa shape index (κ3) is 2.88. The van der Waals surface area contributed by atoms with Crippen molar-refractivity contribution in [2.24, 2.45) is 5.92 Å². The van der Waals surface area contributed by atoms with Gasteiger partial charge in [-0.1, -0.05) is 19.3 Å². The van der Waals surface area contributed by atoms with Gasteiger partial charge in [-0.25, -0.2) is 18.0 Å². The van der Waals surface area contributed by atoms with Crippen LogP contribution in [0.25, 0.3) is 0 Å². The molecule has 2 aliphatic heterocycles. The van der Waals surface area contributed by atoms with Gasteiger partial charge in [0.1, 0.15) is 5.54 Å². The molecule has 3 atom stereocenters. The molecule has 3 rings (SSSR count). The smallest absolute Gasteiger partial charge is 0.341 e. The van der Waals surface area contributed by atoms with Gasteiger partial charge in [-0.2, -0.15) is 4.31 Å². The molecule has 9 nitrogen and oxygen atoms in total. The van der Waals surface area contributed by atoms with Gasteiger partial charge in [0, 0.05) is 6.54 Å². The molecule has 0 aromatic carbocycles. The van der Waals surface area contributed by atoms with E-state index in [9.17, 15) is 27.9 Å². The highest BCUT2D eigenvalue weighted by atomic mass is 32.2. The van der Waals surface area contributed by atoms with Gasteiger partial charge in [0.2, 0.25) is 21.3 Å². The van der Waals surface area contributed by atoms with Crippen LogP contribution in [0, 0.1) is 5.92 Å². The number of nitrogens with zero attached hydrogens (tertiary/aromatic N) is 2. The van der Waals surface area contributed by atoms with Gasteiger partial charge in [0.05, 0.1) is 13.7 Å². The van der Waals surface area contributed by atoms with Crippen LogP contribution >= 0.6 is 0 Å². The Labute approximate surface area is 152 Å². The van der Waals surface area contributed by atoms with Gasteiger partial charge in [0.15, 0.2) is 0 Å². The Morgan fingerprint density at radius 2 is 1.81 bits per heavy atom. The second-order valence-electron chi connectivity index (χ2n) is 7.18. The second-order valence-corrected chi connectivity index (χ2v) is 9.12. The molecule has 0 radical (unpaired) electrons. The Bertz CT molecular complexity index is 716. The van der Waals surface area contributed by atoms with Gasteiger partial charge in [-0.15, -0.1) is 0 Å². The molecule has 1 saturated carbocycles. The Hall–Kier alpha value is -1.68. The average Bonchev–Trinajstić information content (AvgIpc) is 2.99. The lowest BCUT2D eigenvalue weighted by Crippen LogP contribution is -2.59. The number of methoxy groups -OCH3 is 1. The van der Waals surface area contributed by atoms with Crippen molar-refractivity contribution in [2.75, 3.05) is 20.2 Å². The van der Waals surface area contributed by atoms with Crippen LogP contribution in [-0.4, -0.2) is 71.7 Å². The Morgan fingerprint density at radius 3 is 2.38 bits per heavy atom. The van der Waals surface area contributed by atoms with Crippen molar-refractivity contribution in [3.63, 3.8) is 0 Å². The third-order valence-corrected chi connectivity index (χ3v) is 7.68. The number of rotatable bonds is 5. The zero-order valence-electron chi connectivity index (χ0n) is 14.7. The van der Waals surface area contributed by atoms with Crippen LogP contribution in [0.3, 0.4) is 0 Å². The molecule has 2 heterocycles. The number of ether oxygens (including phenoxy) is 1. The highest BCUT2D eigenvalue weighted by molar-refractivity contribution is 7.96. The molecular weight excluding hydrogens is 364 g/mol. The molecule has 26 heavy (non-hydrogen) atoms. The fraction of sp³-hybridized carbons (Fsp3) is 0.812. The van der Waals surface area contributed by atoms with E-state index in [1.165, 1.54) is 4.90 Å². The Balaban J connectivity index is 1.79. The molecule has 0 spiro atoms. The van der Waals surface area contributed by atoms with Crippen LogP contribution < -0.4 is 0 Å². The van der Waals surface area contributed by atoms with Gasteiger partial charge in [-0.05, 0) is 31.6 Å². The number of carboxylic acids is 1. The summed E-state index contributed by atoms with van der Waals surface area (Å²) in [5, 5.41) is 8.50. The lowest BCUT2D eigenvalue weighted by Gasteiger charge is -2.42. The third-order valence-electron chi connectivity index (χ3n) is 5.89. The van der Waals surface area contributed by atoms with E-state index in [4.69, 9.17) is 0 Å². The number of hydrogen-bond donors (Lipinski definition) is 1. The molecule has 0 aromatic heterocycles. The normalized spacial score (nSPS) is 33.7. The minimum Gasteiger partial charge on any atom is -0.479 e. The number of esters is 1. The quantitative estimate of drug-likeness (QED) is 0.526. The van der Waals surface area contributed by atoms with Crippen molar-refractivity contribution in [2.45, 2.75) is 55.9 Å². The fourth-order valence-electron chi connectivity index (χ4n) is 4.56. The molecular formula is C16H24N2O7S. The summed E-state index contributed by atoms with van der Waals surface area (Å²) >= 11 is 0. The first-order valence-electron chi connectivity index (χ1n) is 8.89. The van der Waals surface area contributed by atoms with Crippen molar-refractivity contribution in [3.8, 4) is 0 Å². The number of carboxylic acid groups (broad SMARTS) is 1. The fourth-order valence-corrected chi connectivity index (χ4v) is 6.04. The van der Waals surface area contributed by atoms with E-state index in [-0.39, 0.29) is 5.92 Å². The Morgan fingerprint density at radius 1 is 1.15 bits per heavy atom. The molecule has 3 fully saturated rings. The molecule has 10 heteroatoms. The SMILES string of the molecule is COC(=O)C1N(CC(=O)N2CCC[C@]2(C(=O)O)C2CCCCC2)S1(=O)=O. The van der Waals surface area contributed by atoms with Crippen LogP contribution in [0.5, 0.6) is 0 Å². The molecule has 0 aromatic rings. The van der Waals surface area contributed by atoms with Crippen molar-refractivity contribution < 1.29 is 32.6 Å². The largest absolute Gasteiger partial charge is 0.479 e. The van der Waals surface area contributed by atoms with Crippen molar-refractivity contribution in [1.29, 1.82) is 0 Å². The minimum absolute atomic E-state index is 0.123. The van der Waals surface area contributed by atoms with E-state index >= 15 is 0 Å². The summed E-state index contributed by atoms with van der Waals surface area (Å²) in [5.74, 6) is -2.64. The van der Waals surface area contributed by atoms with Crippen LogP contribution in [0.4, 0.5) is 0 Å². The van der Waals surface area contributed by atoms with Gasteiger partial charge in [-0.3, -0.25) is 4.79 Å². The van der Waals surface area contributed by atoms with E-state index in [0.29, 0.717) is 19.4 Å². The second kappa shape index (κ2) is 6.80. The first kappa shape index (κ1) is 19.1. The Kier molecular flexibility index (Phi) is 5.00. The first-order valence-corrected chi connectivity index (χ1v) is 10.4. The van der Waals surface area contributed by atoms with Crippen LogP contribution in [0.15, 0.2) is 0 Å². The summed E-state index contributed by atoms with van der Waals surface area (Å²) in [6, 6.07) is 0. The van der Waals surface area contributed by atoms with E-state index in [0.717, 1.165) is 43.5 Å². The lowest BCUT2D eigenvalue weighted by molar-refractivity contribution is -0.161. The first-order chi connectivity index (χ1) is 12.3. The average molecular weight is 388 g/mol. The number of carbonyl (C=O) groups excluding carboxylic acids is 2.